The monoisotopic (exact) mass is 714 g/mol. The fourth-order valence-corrected chi connectivity index (χ4v) is 8.26. The summed E-state index contributed by atoms with van der Waals surface area (Å²) in [5.41, 5.74) is 12.7. The van der Waals surface area contributed by atoms with Gasteiger partial charge in [-0.05, 0) is 88.6 Å². The molecule has 0 N–H and O–H groups in total. The van der Waals surface area contributed by atoms with Crippen LogP contribution in [0, 0.1) is 0 Å². The Kier molecular flexibility index (Phi) is 7.46. The number of benzene rings is 8. The zero-order valence-corrected chi connectivity index (χ0v) is 30.4. The fraction of sp³-hybridized carbons (Fsp3) is 0. The summed E-state index contributed by atoms with van der Waals surface area (Å²) in [6.45, 7) is 0. The normalized spacial score (nSPS) is 11.6. The van der Waals surface area contributed by atoms with E-state index in [1.165, 1.54) is 32.4 Å². The molecule has 0 radical (unpaired) electrons. The first-order chi connectivity index (χ1) is 27.7. The highest BCUT2D eigenvalue weighted by atomic mass is 15.0. The van der Waals surface area contributed by atoms with Crippen LogP contribution in [0.1, 0.15) is 0 Å². The average molecular weight is 715 g/mol. The molecule has 4 nitrogen and oxygen atoms in total. The van der Waals surface area contributed by atoms with Crippen LogP contribution < -0.4 is 0 Å². The van der Waals surface area contributed by atoms with Gasteiger partial charge in [0.05, 0.1) is 27.9 Å². The number of rotatable bonds is 6. The molecule has 11 aromatic rings. The summed E-state index contributed by atoms with van der Waals surface area (Å²) >= 11 is 0. The molecule has 0 saturated carbocycles. The molecule has 4 heteroatoms. The van der Waals surface area contributed by atoms with Crippen molar-refractivity contribution in [2.45, 2.75) is 0 Å². The van der Waals surface area contributed by atoms with Gasteiger partial charge in [0.1, 0.15) is 0 Å². The summed E-state index contributed by atoms with van der Waals surface area (Å²) in [4.78, 5) is 10.5. The molecule has 0 atom stereocenters. The lowest BCUT2D eigenvalue weighted by molar-refractivity contribution is 1.13. The van der Waals surface area contributed by atoms with Gasteiger partial charge in [0.15, 0.2) is 5.82 Å². The molecule has 3 aromatic heterocycles. The van der Waals surface area contributed by atoms with E-state index in [2.05, 4.69) is 203 Å². The maximum absolute atomic E-state index is 5.26. The standard InChI is InChI=1S/C52H34N4/c1-5-15-35(16-6-1)39-29-40(52-53-47(36-17-7-2-8-18-36)34-48(54-52)37-19-9-3-10-20-37)31-42(30-39)56-50-24-14-13-23-43(50)46-32-38-25-26-49-44(45(38)33-51(46)56)27-28-55(49)41-21-11-4-12-22-41/h1-34H. The third-order valence-electron chi connectivity index (χ3n) is 10.9. The lowest BCUT2D eigenvalue weighted by Gasteiger charge is -2.15. The summed E-state index contributed by atoms with van der Waals surface area (Å²) < 4.78 is 4.70. The average Bonchev–Trinajstić information content (AvgIpc) is 3.86. The Morgan fingerprint density at radius 3 is 1.61 bits per heavy atom. The van der Waals surface area contributed by atoms with Crippen molar-refractivity contribution in [2.75, 3.05) is 0 Å². The molecule has 8 aromatic carbocycles. The van der Waals surface area contributed by atoms with Gasteiger partial charge in [0.25, 0.3) is 0 Å². The van der Waals surface area contributed by atoms with E-state index in [-0.39, 0.29) is 0 Å². The number of hydrogen-bond donors (Lipinski definition) is 0. The molecule has 262 valence electrons. The van der Waals surface area contributed by atoms with Gasteiger partial charge in [0, 0.05) is 50.4 Å². The minimum atomic E-state index is 0.680. The summed E-state index contributed by atoms with van der Waals surface area (Å²) in [7, 11) is 0. The predicted octanol–water partition coefficient (Wildman–Crippen LogP) is 13.3. The molecule has 0 aliphatic carbocycles. The van der Waals surface area contributed by atoms with Crippen molar-refractivity contribution < 1.29 is 0 Å². The topological polar surface area (TPSA) is 35.6 Å². The fourth-order valence-electron chi connectivity index (χ4n) is 8.26. The molecule has 11 rings (SSSR count). The SMILES string of the molecule is c1ccc(-c2cc(-c3nc(-c4ccccc4)cc(-c4ccccc4)n3)cc(-n3c4ccccc4c4cc5ccc6c(ccn6-c6ccccc6)c5cc43)c2)cc1. The van der Waals surface area contributed by atoms with Gasteiger partial charge in [-0.25, -0.2) is 9.97 Å². The number of aromatic nitrogens is 4. The summed E-state index contributed by atoms with van der Waals surface area (Å²) in [6, 6.07) is 71.1. The zero-order valence-electron chi connectivity index (χ0n) is 30.4. The molecule has 0 amide bonds. The van der Waals surface area contributed by atoms with E-state index in [0.29, 0.717) is 5.82 Å². The highest BCUT2D eigenvalue weighted by Crippen LogP contribution is 2.40. The smallest absolute Gasteiger partial charge is 0.160 e. The van der Waals surface area contributed by atoms with E-state index in [0.717, 1.165) is 61.6 Å². The summed E-state index contributed by atoms with van der Waals surface area (Å²) in [6.07, 6.45) is 2.18. The molecule has 0 saturated heterocycles. The molecule has 0 bridgehead atoms. The van der Waals surface area contributed by atoms with Gasteiger partial charge in [-0.1, -0.05) is 133 Å². The van der Waals surface area contributed by atoms with Crippen LogP contribution in [0.15, 0.2) is 206 Å². The van der Waals surface area contributed by atoms with Crippen LogP contribution in [0.3, 0.4) is 0 Å². The quantitative estimate of drug-likeness (QED) is 0.172. The molecule has 0 aliphatic rings. The molecule has 0 unspecified atom stereocenters. The Morgan fingerprint density at radius 2 is 0.911 bits per heavy atom. The van der Waals surface area contributed by atoms with Gasteiger partial charge in [-0.15, -0.1) is 0 Å². The van der Waals surface area contributed by atoms with E-state index >= 15 is 0 Å². The van der Waals surface area contributed by atoms with Crippen molar-refractivity contribution in [3.8, 4) is 56.4 Å². The molecule has 0 aliphatic heterocycles. The number of hydrogen-bond acceptors (Lipinski definition) is 2. The highest BCUT2D eigenvalue weighted by molar-refractivity contribution is 6.18. The number of para-hydroxylation sites is 2. The first kappa shape index (κ1) is 31.9. The first-order valence-electron chi connectivity index (χ1n) is 19.0. The molecule has 56 heavy (non-hydrogen) atoms. The zero-order chi connectivity index (χ0) is 37.0. The lowest BCUT2D eigenvalue weighted by Crippen LogP contribution is -1.99. The van der Waals surface area contributed by atoms with Crippen LogP contribution in [0.2, 0.25) is 0 Å². The minimum Gasteiger partial charge on any atom is -0.317 e. The van der Waals surface area contributed by atoms with Crippen molar-refractivity contribution >= 4 is 43.5 Å². The van der Waals surface area contributed by atoms with E-state index in [9.17, 15) is 0 Å². The second kappa shape index (κ2) is 13.1. The minimum absolute atomic E-state index is 0.680. The van der Waals surface area contributed by atoms with Gasteiger partial charge < -0.3 is 9.13 Å². The van der Waals surface area contributed by atoms with Crippen molar-refractivity contribution in [3.63, 3.8) is 0 Å². The van der Waals surface area contributed by atoms with Crippen LogP contribution in [0.5, 0.6) is 0 Å². The Hall–Kier alpha value is -7.56. The third kappa shape index (κ3) is 5.39. The second-order valence-electron chi connectivity index (χ2n) is 14.3. The van der Waals surface area contributed by atoms with Gasteiger partial charge >= 0.3 is 0 Å². The van der Waals surface area contributed by atoms with Crippen LogP contribution in [0.4, 0.5) is 0 Å². The number of nitrogens with zero attached hydrogens (tertiary/aromatic N) is 4. The Labute approximate surface area is 324 Å². The van der Waals surface area contributed by atoms with E-state index < -0.39 is 0 Å². The lowest BCUT2D eigenvalue weighted by atomic mass is 10.0. The molecule has 3 heterocycles. The Bertz CT molecular complexity index is 3160. The largest absolute Gasteiger partial charge is 0.317 e. The van der Waals surface area contributed by atoms with Gasteiger partial charge in [0.2, 0.25) is 0 Å². The van der Waals surface area contributed by atoms with Gasteiger partial charge in [-0.3, -0.25) is 0 Å². The summed E-state index contributed by atoms with van der Waals surface area (Å²) in [5.74, 6) is 0.680. The van der Waals surface area contributed by atoms with Crippen molar-refractivity contribution in [1.29, 1.82) is 0 Å². The summed E-state index contributed by atoms with van der Waals surface area (Å²) in [5, 5.41) is 6.10. The Balaban J connectivity index is 1.18. The third-order valence-corrected chi connectivity index (χ3v) is 10.9. The van der Waals surface area contributed by atoms with Crippen molar-refractivity contribution in [3.05, 3.63) is 206 Å². The van der Waals surface area contributed by atoms with Crippen LogP contribution in [-0.2, 0) is 0 Å². The second-order valence-corrected chi connectivity index (χ2v) is 14.3. The molecular weight excluding hydrogens is 681 g/mol. The van der Waals surface area contributed by atoms with Crippen molar-refractivity contribution in [1.82, 2.24) is 19.1 Å². The van der Waals surface area contributed by atoms with Gasteiger partial charge in [-0.2, -0.15) is 0 Å². The van der Waals surface area contributed by atoms with Crippen LogP contribution in [-0.4, -0.2) is 19.1 Å². The van der Waals surface area contributed by atoms with Crippen LogP contribution >= 0.6 is 0 Å². The molecule has 0 spiro atoms. The van der Waals surface area contributed by atoms with Crippen molar-refractivity contribution in [2.24, 2.45) is 0 Å². The maximum atomic E-state index is 5.26. The highest BCUT2D eigenvalue weighted by Gasteiger charge is 2.18. The van der Waals surface area contributed by atoms with E-state index in [1.807, 2.05) is 12.1 Å². The Morgan fingerprint density at radius 1 is 0.321 bits per heavy atom. The van der Waals surface area contributed by atoms with E-state index in [4.69, 9.17) is 9.97 Å². The predicted molar refractivity (Wildman–Crippen MR) is 232 cm³/mol. The molecular formula is C52H34N4. The molecule has 0 fully saturated rings. The van der Waals surface area contributed by atoms with E-state index in [1.54, 1.807) is 0 Å². The number of fused-ring (bicyclic) bond motifs is 6. The van der Waals surface area contributed by atoms with Crippen LogP contribution in [0.25, 0.3) is 99.9 Å². The first-order valence-corrected chi connectivity index (χ1v) is 19.0. The maximum Gasteiger partial charge on any atom is 0.160 e.